The summed E-state index contributed by atoms with van der Waals surface area (Å²) in [7, 11) is -3.66. The number of hydrogen-bond donors (Lipinski definition) is 1. The molecule has 20 heavy (non-hydrogen) atoms. The minimum Gasteiger partial charge on any atom is -0.506 e. The summed E-state index contributed by atoms with van der Waals surface area (Å²) >= 11 is 0. The molecule has 1 heterocycles. The lowest BCUT2D eigenvalue weighted by Gasteiger charge is -2.28. The van der Waals surface area contributed by atoms with Crippen molar-refractivity contribution in [3.8, 4) is 0 Å². The van der Waals surface area contributed by atoms with Crippen molar-refractivity contribution in [2.75, 3.05) is 4.31 Å². The summed E-state index contributed by atoms with van der Waals surface area (Å²) in [6, 6.07) is 16.3. The van der Waals surface area contributed by atoms with Gasteiger partial charge in [-0.05, 0) is 17.7 Å². The number of benzene rings is 2. The normalized spacial score (nSPS) is 16.4. The average Bonchev–Trinajstić information content (AvgIpc) is 2.44. The third kappa shape index (κ3) is 2.16. The second-order valence-electron chi connectivity index (χ2n) is 4.56. The molecule has 0 fully saturated rings. The molecular formula is C15H13NO3S. The van der Waals surface area contributed by atoms with Gasteiger partial charge in [-0.2, -0.15) is 0 Å². The number of fused-ring (bicyclic) bond motifs is 1. The first kappa shape index (κ1) is 12.7. The second-order valence-corrected chi connectivity index (χ2v) is 6.26. The summed E-state index contributed by atoms with van der Waals surface area (Å²) in [6.45, 7) is 0.240. The van der Waals surface area contributed by atoms with Gasteiger partial charge in [0.05, 0.1) is 17.6 Å². The van der Waals surface area contributed by atoms with E-state index in [9.17, 15) is 13.5 Å². The van der Waals surface area contributed by atoms with Crippen LogP contribution in [0.4, 0.5) is 5.69 Å². The lowest BCUT2D eigenvalue weighted by atomic mass is 10.1. The van der Waals surface area contributed by atoms with Crippen molar-refractivity contribution in [2.24, 2.45) is 0 Å². The van der Waals surface area contributed by atoms with Gasteiger partial charge < -0.3 is 5.11 Å². The zero-order valence-electron chi connectivity index (χ0n) is 10.6. The van der Waals surface area contributed by atoms with Crippen LogP contribution in [0, 0.1) is 0 Å². The van der Waals surface area contributed by atoms with Crippen LogP contribution in [0.5, 0.6) is 0 Å². The first-order valence-electron chi connectivity index (χ1n) is 6.15. The van der Waals surface area contributed by atoms with Gasteiger partial charge in [0.15, 0.2) is 0 Å². The van der Waals surface area contributed by atoms with Crippen molar-refractivity contribution in [3.05, 3.63) is 71.1 Å². The lowest BCUT2D eigenvalue weighted by Crippen LogP contribution is -2.32. The van der Waals surface area contributed by atoms with Gasteiger partial charge in [0, 0.05) is 5.56 Å². The van der Waals surface area contributed by atoms with Crippen molar-refractivity contribution in [1.29, 1.82) is 0 Å². The van der Waals surface area contributed by atoms with E-state index in [0.29, 0.717) is 11.3 Å². The van der Waals surface area contributed by atoms with Crippen molar-refractivity contribution in [3.63, 3.8) is 0 Å². The molecule has 2 aromatic carbocycles. The molecule has 1 N–H and O–H groups in total. The standard InChI is InChI=1S/C15H13NO3S/c17-15-11-20(18,19)16(10-12-6-2-1-3-7-12)14-9-5-4-8-13(14)15/h1-9,11,17H,10H2. The van der Waals surface area contributed by atoms with Crippen molar-refractivity contribution < 1.29 is 13.5 Å². The first-order chi connectivity index (χ1) is 9.58. The number of hydrogen-bond acceptors (Lipinski definition) is 3. The van der Waals surface area contributed by atoms with E-state index in [-0.39, 0.29) is 12.3 Å². The topological polar surface area (TPSA) is 57.6 Å². The number of anilines is 1. The van der Waals surface area contributed by atoms with Crippen LogP contribution >= 0.6 is 0 Å². The molecule has 0 unspecified atom stereocenters. The molecular weight excluding hydrogens is 274 g/mol. The summed E-state index contributed by atoms with van der Waals surface area (Å²) in [5.41, 5.74) is 1.91. The zero-order valence-corrected chi connectivity index (χ0v) is 11.4. The van der Waals surface area contributed by atoms with Crippen molar-refractivity contribution in [1.82, 2.24) is 0 Å². The molecule has 0 bridgehead atoms. The van der Waals surface area contributed by atoms with Gasteiger partial charge in [-0.3, -0.25) is 4.31 Å². The minimum absolute atomic E-state index is 0.218. The molecule has 0 aromatic heterocycles. The summed E-state index contributed by atoms with van der Waals surface area (Å²) < 4.78 is 25.8. The maximum absolute atomic E-state index is 12.2. The van der Waals surface area contributed by atoms with E-state index >= 15 is 0 Å². The van der Waals surface area contributed by atoms with Crippen LogP contribution in [-0.2, 0) is 16.6 Å². The number of nitrogens with zero attached hydrogens (tertiary/aromatic N) is 1. The number of aliphatic hydroxyl groups excluding tert-OH is 1. The van der Waals surface area contributed by atoms with E-state index in [2.05, 4.69) is 0 Å². The predicted molar refractivity (Wildman–Crippen MR) is 78.6 cm³/mol. The Balaban J connectivity index is 2.10. The molecule has 3 rings (SSSR count). The van der Waals surface area contributed by atoms with E-state index in [1.54, 1.807) is 24.3 Å². The van der Waals surface area contributed by atoms with Gasteiger partial charge in [0.1, 0.15) is 5.76 Å². The zero-order chi connectivity index (χ0) is 14.2. The minimum atomic E-state index is -3.66. The molecule has 4 nitrogen and oxygen atoms in total. The van der Waals surface area contributed by atoms with E-state index in [4.69, 9.17) is 0 Å². The molecule has 2 aromatic rings. The molecule has 0 saturated carbocycles. The van der Waals surface area contributed by atoms with Crippen LogP contribution in [0.2, 0.25) is 0 Å². The van der Waals surface area contributed by atoms with Gasteiger partial charge >= 0.3 is 0 Å². The number of para-hydroxylation sites is 1. The third-order valence-electron chi connectivity index (χ3n) is 3.19. The Labute approximate surface area is 117 Å². The van der Waals surface area contributed by atoms with Crippen LogP contribution in [-0.4, -0.2) is 13.5 Å². The van der Waals surface area contributed by atoms with Gasteiger partial charge in [0.2, 0.25) is 0 Å². The monoisotopic (exact) mass is 287 g/mol. The van der Waals surface area contributed by atoms with Crippen LogP contribution in [0.3, 0.4) is 0 Å². The molecule has 5 heteroatoms. The fourth-order valence-electron chi connectivity index (χ4n) is 2.24. The van der Waals surface area contributed by atoms with Gasteiger partial charge in [-0.25, -0.2) is 8.42 Å². The quantitative estimate of drug-likeness (QED) is 0.924. The number of aliphatic hydroxyl groups is 1. The average molecular weight is 287 g/mol. The predicted octanol–water partition coefficient (Wildman–Crippen LogP) is 2.89. The van der Waals surface area contributed by atoms with E-state index in [1.807, 2.05) is 30.3 Å². The summed E-state index contributed by atoms with van der Waals surface area (Å²) in [5.74, 6) is -0.218. The Bertz CT molecular complexity index is 767. The Hall–Kier alpha value is -2.27. The Morgan fingerprint density at radius 3 is 2.35 bits per heavy atom. The highest BCUT2D eigenvalue weighted by molar-refractivity contribution is 7.95. The second kappa shape index (κ2) is 4.68. The largest absolute Gasteiger partial charge is 0.506 e. The fraction of sp³-hybridized carbons (Fsp3) is 0.0667. The number of rotatable bonds is 2. The van der Waals surface area contributed by atoms with Crippen LogP contribution < -0.4 is 4.31 Å². The molecule has 0 spiro atoms. The highest BCUT2D eigenvalue weighted by Crippen LogP contribution is 2.34. The van der Waals surface area contributed by atoms with Crippen molar-refractivity contribution >= 4 is 21.5 Å². The summed E-state index contributed by atoms with van der Waals surface area (Å²) in [5, 5.41) is 10.7. The Morgan fingerprint density at radius 1 is 0.950 bits per heavy atom. The van der Waals surface area contributed by atoms with E-state index in [0.717, 1.165) is 11.0 Å². The van der Waals surface area contributed by atoms with Gasteiger partial charge in [-0.1, -0.05) is 42.5 Å². The van der Waals surface area contributed by atoms with Gasteiger partial charge in [0.25, 0.3) is 10.0 Å². The van der Waals surface area contributed by atoms with Crippen molar-refractivity contribution in [2.45, 2.75) is 6.54 Å². The van der Waals surface area contributed by atoms with E-state index < -0.39 is 10.0 Å². The van der Waals surface area contributed by atoms with E-state index in [1.165, 1.54) is 4.31 Å². The lowest BCUT2D eigenvalue weighted by molar-refractivity contribution is 0.510. The van der Waals surface area contributed by atoms with Crippen LogP contribution in [0.1, 0.15) is 11.1 Å². The number of sulfonamides is 1. The SMILES string of the molecule is O=S1(=O)C=C(O)c2ccccc2N1Cc1ccccc1. The molecule has 0 atom stereocenters. The van der Waals surface area contributed by atoms with Crippen LogP contribution in [0.15, 0.2) is 60.0 Å². The first-order valence-corrected chi connectivity index (χ1v) is 7.65. The maximum Gasteiger partial charge on any atom is 0.261 e. The fourth-order valence-corrected chi connectivity index (χ4v) is 3.54. The molecule has 0 amide bonds. The Kier molecular flexibility index (Phi) is 2.99. The third-order valence-corrected chi connectivity index (χ3v) is 4.65. The molecule has 0 aliphatic carbocycles. The molecule has 1 aliphatic heterocycles. The highest BCUT2D eigenvalue weighted by Gasteiger charge is 2.29. The molecule has 102 valence electrons. The summed E-state index contributed by atoms with van der Waals surface area (Å²) in [6.07, 6.45) is 0. The molecule has 1 aliphatic rings. The van der Waals surface area contributed by atoms with Gasteiger partial charge in [-0.15, -0.1) is 0 Å². The Morgan fingerprint density at radius 2 is 1.60 bits per heavy atom. The smallest absolute Gasteiger partial charge is 0.261 e. The summed E-state index contributed by atoms with van der Waals surface area (Å²) in [4.78, 5) is 0. The maximum atomic E-state index is 12.2. The molecule has 0 radical (unpaired) electrons. The highest BCUT2D eigenvalue weighted by atomic mass is 32.2. The molecule has 0 saturated heterocycles. The van der Waals surface area contributed by atoms with Crippen LogP contribution in [0.25, 0.3) is 5.76 Å².